The number of rotatable bonds is 3. The van der Waals surface area contributed by atoms with Gasteiger partial charge in [0, 0.05) is 31.7 Å². The van der Waals surface area contributed by atoms with Crippen LogP contribution in [-0.4, -0.2) is 63.1 Å². The molecule has 8 heteroatoms. The van der Waals surface area contributed by atoms with Crippen molar-refractivity contribution in [2.24, 2.45) is 0 Å². The quantitative estimate of drug-likeness (QED) is 0.794. The molecule has 6 nitrogen and oxygen atoms in total. The molecule has 2 rings (SSSR count). The van der Waals surface area contributed by atoms with Crippen molar-refractivity contribution in [3.63, 3.8) is 0 Å². The molecule has 1 aliphatic rings. The molecule has 116 valence electrons. The van der Waals surface area contributed by atoms with Gasteiger partial charge in [-0.1, -0.05) is 0 Å². The van der Waals surface area contributed by atoms with Gasteiger partial charge in [0.15, 0.2) is 0 Å². The summed E-state index contributed by atoms with van der Waals surface area (Å²) < 4.78 is 30.1. The van der Waals surface area contributed by atoms with Crippen molar-refractivity contribution in [3.05, 3.63) is 28.2 Å². The Balaban J connectivity index is 2.07. The number of carbonyl (C=O) groups is 1. The molecule has 0 aliphatic carbocycles. The van der Waals surface area contributed by atoms with Gasteiger partial charge < -0.3 is 9.64 Å². The number of piperazine rings is 1. The molecule has 0 saturated carbocycles. The van der Waals surface area contributed by atoms with Gasteiger partial charge >= 0.3 is 0 Å². The molecule has 0 bridgehead atoms. The van der Waals surface area contributed by atoms with Crippen LogP contribution in [0.5, 0.6) is 5.75 Å². The van der Waals surface area contributed by atoms with Crippen molar-refractivity contribution >= 4 is 31.9 Å². The smallest absolute Gasteiger partial charge is 0.253 e. The molecule has 0 N–H and O–H groups in total. The van der Waals surface area contributed by atoms with Crippen LogP contribution in [0.1, 0.15) is 10.4 Å². The van der Waals surface area contributed by atoms with Crippen molar-refractivity contribution in [3.8, 4) is 5.75 Å². The number of halogens is 1. The number of amides is 1. The summed E-state index contributed by atoms with van der Waals surface area (Å²) in [6, 6.07) is 5.14. The predicted molar refractivity (Wildman–Crippen MR) is 83.0 cm³/mol. The van der Waals surface area contributed by atoms with E-state index in [1.54, 1.807) is 30.2 Å². The first kappa shape index (κ1) is 16.3. The normalized spacial score (nSPS) is 16.8. The van der Waals surface area contributed by atoms with E-state index in [9.17, 15) is 13.2 Å². The minimum Gasteiger partial charge on any atom is -0.496 e. The van der Waals surface area contributed by atoms with E-state index in [-0.39, 0.29) is 5.91 Å². The van der Waals surface area contributed by atoms with Gasteiger partial charge in [-0.25, -0.2) is 8.42 Å². The third-order valence-corrected chi connectivity index (χ3v) is 5.32. The molecule has 0 atom stereocenters. The first-order valence-corrected chi connectivity index (χ1v) is 9.05. The second kappa shape index (κ2) is 6.33. The zero-order valence-corrected chi connectivity index (χ0v) is 14.3. The highest BCUT2D eigenvalue weighted by molar-refractivity contribution is 9.10. The number of hydrogen-bond donors (Lipinski definition) is 0. The summed E-state index contributed by atoms with van der Waals surface area (Å²) in [4.78, 5) is 14.1. The zero-order chi connectivity index (χ0) is 15.6. The minimum absolute atomic E-state index is 0.105. The molecule has 1 heterocycles. The van der Waals surface area contributed by atoms with E-state index < -0.39 is 10.0 Å². The number of methoxy groups -OCH3 is 1. The second-order valence-corrected chi connectivity index (χ2v) is 7.64. The lowest BCUT2D eigenvalue weighted by atomic mass is 10.2. The molecule has 1 saturated heterocycles. The van der Waals surface area contributed by atoms with Gasteiger partial charge in [-0.3, -0.25) is 4.79 Å². The van der Waals surface area contributed by atoms with Crippen molar-refractivity contribution < 1.29 is 17.9 Å². The Morgan fingerprint density at radius 2 is 1.86 bits per heavy atom. The summed E-state index contributed by atoms with van der Waals surface area (Å²) in [7, 11) is -1.62. The van der Waals surface area contributed by atoms with Crippen molar-refractivity contribution in [2.75, 3.05) is 39.5 Å². The summed E-state index contributed by atoms with van der Waals surface area (Å²) in [5, 5.41) is 0. The Morgan fingerprint density at radius 3 is 2.33 bits per heavy atom. The maximum atomic E-state index is 12.4. The van der Waals surface area contributed by atoms with E-state index in [0.717, 1.165) is 0 Å². The molecule has 0 unspecified atom stereocenters. The van der Waals surface area contributed by atoms with Gasteiger partial charge in [-0.2, -0.15) is 4.31 Å². The van der Waals surface area contributed by atoms with Crippen LogP contribution in [0.4, 0.5) is 0 Å². The molecule has 1 aromatic rings. The fourth-order valence-corrected chi connectivity index (χ4v) is 3.57. The van der Waals surface area contributed by atoms with Crippen molar-refractivity contribution in [2.45, 2.75) is 0 Å². The lowest BCUT2D eigenvalue weighted by Crippen LogP contribution is -2.50. The van der Waals surface area contributed by atoms with E-state index in [4.69, 9.17) is 4.74 Å². The molecule has 1 fully saturated rings. The van der Waals surface area contributed by atoms with Gasteiger partial charge in [0.2, 0.25) is 10.0 Å². The van der Waals surface area contributed by atoms with Crippen LogP contribution in [0.25, 0.3) is 0 Å². The Hall–Kier alpha value is -1.12. The monoisotopic (exact) mass is 376 g/mol. The van der Waals surface area contributed by atoms with Gasteiger partial charge in [0.05, 0.1) is 17.8 Å². The van der Waals surface area contributed by atoms with E-state index in [1.165, 1.54) is 10.6 Å². The van der Waals surface area contributed by atoms with E-state index in [1.807, 2.05) is 0 Å². The van der Waals surface area contributed by atoms with E-state index in [0.29, 0.717) is 42.0 Å². The standard InChI is InChI=1S/C13H17BrN2O4S/c1-20-12-4-3-10(9-11(12)14)13(17)15-5-7-16(8-6-15)21(2,18)19/h3-4,9H,5-8H2,1-2H3. The summed E-state index contributed by atoms with van der Waals surface area (Å²) >= 11 is 3.35. The summed E-state index contributed by atoms with van der Waals surface area (Å²) in [6.45, 7) is 1.47. The van der Waals surface area contributed by atoms with Gasteiger partial charge in [-0.05, 0) is 34.1 Å². The Bertz CT molecular complexity index is 640. The molecular weight excluding hydrogens is 360 g/mol. The maximum absolute atomic E-state index is 12.4. The highest BCUT2D eigenvalue weighted by atomic mass is 79.9. The number of sulfonamides is 1. The van der Waals surface area contributed by atoms with Crippen LogP contribution in [0, 0.1) is 0 Å². The number of carbonyl (C=O) groups excluding carboxylic acids is 1. The van der Waals surface area contributed by atoms with Gasteiger partial charge in [0.25, 0.3) is 5.91 Å². The van der Waals surface area contributed by atoms with Crippen LogP contribution in [-0.2, 0) is 10.0 Å². The second-order valence-electron chi connectivity index (χ2n) is 4.80. The third-order valence-electron chi connectivity index (χ3n) is 3.39. The topological polar surface area (TPSA) is 66.9 Å². The highest BCUT2D eigenvalue weighted by Crippen LogP contribution is 2.26. The summed E-state index contributed by atoms with van der Waals surface area (Å²) in [6.07, 6.45) is 1.19. The Morgan fingerprint density at radius 1 is 1.24 bits per heavy atom. The van der Waals surface area contributed by atoms with Crippen LogP contribution in [0.15, 0.2) is 22.7 Å². The Kier molecular flexibility index (Phi) is 4.90. The number of benzene rings is 1. The van der Waals surface area contributed by atoms with Crippen LogP contribution >= 0.6 is 15.9 Å². The number of ether oxygens (including phenoxy) is 1. The molecule has 21 heavy (non-hydrogen) atoms. The molecule has 0 aromatic heterocycles. The molecule has 0 radical (unpaired) electrons. The third kappa shape index (κ3) is 3.75. The van der Waals surface area contributed by atoms with Crippen LogP contribution in [0.2, 0.25) is 0 Å². The number of hydrogen-bond acceptors (Lipinski definition) is 4. The largest absolute Gasteiger partial charge is 0.496 e. The average Bonchev–Trinajstić information content (AvgIpc) is 2.45. The maximum Gasteiger partial charge on any atom is 0.253 e. The highest BCUT2D eigenvalue weighted by Gasteiger charge is 2.26. The van der Waals surface area contributed by atoms with Crippen molar-refractivity contribution in [1.82, 2.24) is 9.21 Å². The predicted octanol–water partition coefficient (Wildman–Crippen LogP) is 1.18. The molecule has 1 aliphatic heterocycles. The molecule has 1 aromatic carbocycles. The fourth-order valence-electron chi connectivity index (χ4n) is 2.20. The summed E-state index contributed by atoms with van der Waals surface area (Å²) in [5.41, 5.74) is 0.551. The van der Waals surface area contributed by atoms with Gasteiger partial charge in [0.1, 0.15) is 5.75 Å². The average molecular weight is 377 g/mol. The van der Waals surface area contributed by atoms with Crippen LogP contribution < -0.4 is 4.74 Å². The van der Waals surface area contributed by atoms with Crippen LogP contribution in [0.3, 0.4) is 0 Å². The number of nitrogens with zero attached hydrogens (tertiary/aromatic N) is 2. The van der Waals surface area contributed by atoms with Gasteiger partial charge in [-0.15, -0.1) is 0 Å². The zero-order valence-electron chi connectivity index (χ0n) is 11.9. The molecular formula is C13H17BrN2O4S. The summed E-state index contributed by atoms with van der Waals surface area (Å²) in [5.74, 6) is 0.556. The van der Waals surface area contributed by atoms with Crippen molar-refractivity contribution in [1.29, 1.82) is 0 Å². The molecule has 0 spiro atoms. The SMILES string of the molecule is COc1ccc(C(=O)N2CCN(S(C)(=O)=O)CC2)cc1Br. The fraction of sp³-hybridized carbons (Fsp3) is 0.462. The Labute approximate surface area is 132 Å². The first-order valence-electron chi connectivity index (χ1n) is 6.41. The van der Waals surface area contributed by atoms with E-state index in [2.05, 4.69) is 15.9 Å². The lowest BCUT2D eigenvalue weighted by Gasteiger charge is -2.33. The lowest BCUT2D eigenvalue weighted by molar-refractivity contribution is 0.0698. The minimum atomic E-state index is -3.18. The first-order chi connectivity index (χ1) is 9.82. The van der Waals surface area contributed by atoms with E-state index >= 15 is 0 Å². The molecule has 1 amide bonds.